The molecule has 1 amide bonds. The number of carbonyl (C=O) groups excluding carboxylic acids is 1. The zero-order valence-electron chi connectivity index (χ0n) is 10.3. The summed E-state index contributed by atoms with van der Waals surface area (Å²) in [7, 11) is 0. The molecule has 0 aromatic rings. The first-order valence-corrected chi connectivity index (χ1v) is 6.03. The van der Waals surface area contributed by atoms with Crippen molar-refractivity contribution in [1.82, 2.24) is 10.6 Å². The molecule has 3 heteroatoms. The molecule has 2 unspecified atom stereocenters. The third kappa shape index (κ3) is 4.65. The number of nitrogens with one attached hydrogen (secondary N) is 2. The highest BCUT2D eigenvalue weighted by molar-refractivity contribution is 5.78. The minimum Gasteiger partial charge on any atom is -0.352 e. The molecule has 3 nitrogen and oxygen atoms in total. The Hall–Kier alpha value is -0.570. The van der Waals surface area contributed by atoms with E-state index in [4.69, 9.17) is 0 Å². The maximum absolute atomic E-state index is 11.5. The molecule has 0 saturated heterocycles. The van der Waals surface area contributed by atoms with E-state index in [1.807, 2.05) is 6.92 Å². The molecule has 1 rings (SSSR count). The Bertz CT molecular complexity index is 212. The van der Waals surface area contributed by atoms with Crippen molar-refractivity contribution in [2.45, 2.75) is 52.6 Å². The van der Waals surface area contributed by atoms with Crippen LogP contribution < -0.4 is 10.6 Å². The lowest BCUT2D eigenvalue weighted by molar-refractivity contribution is -0.121. The number of hydrogen-bond acceptors (Lipinski definition) is 2. The summed E-state index contributed by atoms with van der Waals surface area (Å²) >= 11 is 0. The van der Waals surface area contributed by atoms with Crippen LogP contribution in [0.1, 0.15) is 40.5 Å². The molecule has 88 valence electrons. The molecule has 0 radical (unpaired) electrons. The molecule has 1 fully saturated rings. The molecule has 2 atom stereocenters. The van der Waals surface area contributed by atoms with Crippen LogP contribution in [0, 0.1) is 11.8 Å². The van der Waals surface area contributed by atoms with Crippen molar-refractivity contribution in [3.63, 3.8) is 0 Å². The first kappa shape index (κ1) is 12.5. The SMILES string of the molecule is CC(C)C(C)NC(=O)CNC(C)C1CC1. The van der Waals surface area contributed by atoms with Crippen molar-refractivity contribution in [3.05, 3.63) is 0 Å². The van der Waals surface area contributed by atoms with E-state index >= 15 is 0 Å². The van der Waals surface area contributed by atoms with Crippen LogP contribution in [0.25, 0.3) is 0 Å². The van der Waals surface area contributed by atoms with E-state index in [1.54, 1.807) is 0 Å². The molecule has 0 aliphatic heterocycles. The average molecular weight is 212 g/mol. The van der Waals surface area contributed by atoms with Gasteiger partial charge in [-0.05, 0) is 38.5 Å². The summed E-state index contributed by atoms with van der Waals surface area (Å²) in [6, 6.07) is 0.751. The van der Waals surface area contributed by atoms with E-state index in [2.05, 4.69) is 31.4 Å². The van der Waals surface area contributed by atoms with Gasteiger partial charge in [-0.2, -0.15) is 0 Å². The van der Waals surface area contributed by atoms with Gasteiger partial charge in [-0.3, -0.25) is 4.79 Å². The summed E-state index contributed by atoms with van der Waals surface area (Å²) < 4.78 is 0. The van der Waals surface area contributed by atoms with Crippen LogP contribution in [-0.2, 0) is 4.79 Å². The highest BCUT2D eigenvalue weighted by Crippen LogP contribution is 2.32. The van der Waals surface area contributed by atoms with E-state index in [-0.39, 0.29) is 11.9 Å². The van der Waals surface area contributed by atoms with E-state index in [9.17, 15) is 4.79 Å². The monoisotopic (exact) mass is 212 g/mol. The second kappa shape index (κ2) is 5.50. The topological polar surface area (TPSA) is 41.1 Å². The first-order chi connectivity index (χ1) is 7.00. The Labute approximate surface area is 93.0 Å². The minimum atomic E-state index is 0.115. The van der Waals surface area contributed by atoms with Gasteiger partial charge in [0, 0.05) is 12.1 Å². The van der Waals surface area contributed by atoms with Crippen molar-refractivity contribution >= 4 is 5.91 Å². The van der Waals surface area contributed by atoms with Crippen molar-refractivity contribution in [3.8, 4) is 0 Å². The third-order valence-corrected chi connectivity index (χ3v) is 3.30. The van der Waals surface area contributed by atoms with Crippen LogP contribution in [0.3, 0.4) is 0 Å². The molecule has 1 aliphatic rings. The molecule has 1 saturated carbocycles. The quantitative estimate of drug-likeness (QED) is 0.701. The van der Waals surface area contributed by atoms with Gasteiger partial charge in [0.1, 0.15) is 0 Å². The van der Waals surface area contributed by atoms with Crippen LogP contribution in [0.15, 0.2) is 0 Å². The smallest absolute Gasteiger partial charge is 0.234 e. The molecule has 0 bridgehead atoms. The Balaban J connectivity index is 2.12. The minimum absolute atomic E-state index is 0.115. The molecule has 0 aromatic carbocycles. The van der Waals surface area contributed by atoms with Gasteiger partial charge in [0.25, 0.3) is 0 Å². The Kier molecular flexibility index (Phi) is 4.58. The molecule has 0 aromatic heterocycles. The van der Waals surface area contributed by atoms with E-state index in [0.717, 1.165) is 5.92 Å². The number of carbonyl (C=O) groups is 1. The number of hydrogen-bond donors (Lipinski definition) is 2. The predicted molar refractivity (Wildman–Crippen MR) is 62.6 cm³/mol. The normalized spacial score (nSPS) is 20.1. The fraction of sp³-hybridized carbons (Fsp3) is 0.917. The second-order valence-electron chi connectivity index (χ2n) is 5.11. The predicted octanol–water partition coefficient (Wildman–Crippen LogP) is 1.54. The Morgan fingerprint density at radius 2 is 1.87 bits per heavy atom. The number of rotatable bonds is 6. The van der Waals surface area contributed by atoms with Crippen LogP contribution in [-0.4, -0.2) is 24.5 Å². The summed E-state index contributed by atoms with van der Waals surface area (Å²) in [6.45, 7) is 8.90. The molecule has 15 heavy (non-hydrogen) atoms. The summed E-state index contributed by atoms with van der Waals surface area (Å²) in [5.41, 5.74) is 0. The van der Waals surface area contributed by atoms with E-state index in [0.29, 0.717) is 18.5 Å². The summed E-state index contributed by atoms with van der Waals surface area (Å²) in [4.78, 5) is 11.5. The van der Waals surface area contributed by atoms with Crippen molar-refractivity contribution in [2.75, 3.05) is 6.54 Å². The van der Waals surface area contributed by atoms with Crippen LogP contribution in [0.5, 0.6) is 0 Å². The maximum Gasteiger partial charge on any atom is 0.234 e. The van der Waals surface area contributed by atoms with Crippen molar-refractivity contribution in [1.29, 1.82) is 0 Å². The molecule has 2 N–H and O–H groups in total. The second-order valence-corrected chi connectivity index (χ2v) is 5.11. The van der Waals surface area contributed by atoms with Gasteiger partial charge in [0.15, 0.2) is 0 Å². The lowest BCUT2D eigenvalue weighted by Crippen LogP contribution is -2.43. The van der Waals surface area contributed by atoms with Crippen molar-refractivity contribution < 1.29 is 4.79 Å². The van der Waals surface area contributed by atoms with Crippen molar-refractivity contribution in [2.24, 2.45) is 11.8 Å². The summed E-state index contributed by atoms with van der Waals surface area (Å²) in [6.07, 6.45) is 2.64. The van der Waals surface area contributed by atoms with Crippen LogP contribution in [0.4, 0.5) is 0 Å². The molecular formula is C12H24N2O. The van der Waals surface area contributed by atoms with Gasteiger partial charge in [-0.15, -0.1) is 0 Å². The van der Waals surface area contributed by atoms with Crippen LogP contribution >= 0.6 is 0 Å². The highest BCUT2D eigenvalue weighted by atomic mass is 16.1. The Morgan fingerprint density at radius 1 is 1.27 bits per heavy atom. The van der Waals surface area contributed by atoms with Gasteiger partial charge < -0.3 is 10.6 Å². The van der Waals surface area contributed by atoms with E-state index < -0.39 is 0 Å². The lowest BCUT2D eigenvalue weighted by atomic mass is 10.1. The average Bonchev–Trinajstić information content (AvgIpc) is 2.96. The van der Waals surface area contributed by atoms with Gasteiger partial charge >= 0.3 is 0 Å². The fourth-order valence-corrected chi connectivity index (χ4v) is 1.49. The highest BCUT2D eigenvalue weighted by Gasteiger charge is 2.27. The van der Waals surface area contributed by atoms with E-state index in [1.165, 1.54) is 12.8 Å². The Morgan fingerprint density at radius 3 is 2.33 bits per heavy atom. The van der Waals surface area contributed by atoms with Gasteiger partial charge in [-0.1, -0.05) is 13.8 Å². The van der Waals surface area contributed by atoms with Gasteiger partial charge in [-0.25, -0.2) is 0 Å². The standard InChI is InChI=1S/C12H24N2O/c1-8(2)9(3)14-12(15)7-13-10(4)11-5-6-11/h8-11,13H,5-7H2,1-4H3,(H,14,15). The largest absolute Gasteiger partial charge is 0.352 e. The molecule has 0 spiro atoms. The van der Waals surface area contributed by atoms with Gasteiger partial charge in [0.2, 0.25) is 5.91 Å². The lowest BCUT2D eigenvalue weighted by Gasteiger charge is -2.18. The van der Waals surface area contributed by atoms with Gasteiger partial charge in [0.05, 0.1) is 6.54 Å². The zero-order chi connectivity index (χ0) is 11.4. The summed E-state index contributed by atoms with van der Waals surface area (Å²) in [5.74, 6) is 1.42. The fourth-order valence-electron chi connectivity index (χ4n) is 1.49. The third-order valence-electron chi connectivity index (χ3n) is 3.30. The zero-order valence-corrected chi connectivity index (χ0v) is 10.3. The maximum atomic E-state index is 11.5. The first-order valence-electron chi connectivity index (χ1n) is 6.03. The van der Waals surface area contributed by atoms with Crippen LogP contribution in [0.2, 0.25) is 0 Å². The molecule has 0 heterocycles. The summed E-state index contributed by atoms with van der Waals surface area (Å²) in [5, 5.41) is 6.27. The molecule has 1 aliphatic carbocycles. The number of amides is 1. The molecular weight excluding hydrogens is 188 g/mol.